The van der Waals surface area contributed by atoms with Crippen molar-refractivity contribution >= 4 is 19.8 Å². The number of hydrogen-bond donors (Lipinski definition) is 2. The Balaban J connectivity index is 3.92. The maximum atomic E-state index is 12.8. The molecule has 0 saturated heterocycles. The summed E-state index contributed by atoms with van der Waals surface area (Å²) in [6, 6.07) is 0. The van der Waals surface area contributed by atoms with Crippen LogP contribution in [-0.2, 0) is 32.7 Å². The summed E-state index contributed by atoms with van der Waals surface area (Å²) in [5, 5.41) is 0. The minimum atomic E-state index is -4.40. The number of nitrogens with two attached hydrogens (primary N) is 1. The Morgan fingerprint density at radius 3 is 0.951 bits per heavy atom. The van der Waals surface area contributed by atoms with Gasteiger partial charge in [0.15, 0.2) is 6.10 Å². The molecule has 0 radical (unpaired) electrons. The lowest BCUT2D eigenvalue weighted by Gasteiger charge is -2.19. The van der Waals surface area contributed by atoms with Gasteiger partial charge in [0.1, 0.15) is 6.61 Å². The highest BCUT2D eigenvalue weighted by molar-refractivity contribution is 7.47. The summed E-state index contributed by atoms with van der Waals surface area (Å²) in [5.74, 6) is -0.833. The van der Waals surface area contributed by atoms with Crippen LogP contribution >= 0.6 is 7.82 Å². The van der Waals surface area contributed by atoms with Crippen molar-refractivity contribution in [1.82, 2.24) is 0 Å². The van der Waals surface area contributed by atoms with Crippen molar-refractivity contribution in [2.75, 3.05) is 26.4 Å². The van der Waals surface area contributed by atoms with Gasteiger partial charge in [0.2, 0.25) is 0 Å². The van der Waals surface area contributed by atoms with Crippen LogP contribution in [0.3, 0.4) is 0 Å². The molecule has 2 unspecified atom stereocenters. The van der Waals surface area contributed by atoms with Gasteiger partial charge in [-0.25, -0.2) is 4.57 Å². The molecular weight excluding hydrogens is 1030 g/mol. The molecule has 2 atom stereocenters. The molecule has 10 heteroatoms. The molecule has 0 aliphatic heterocycles. The van der Waals surface area contributed by atoms with Crippen LogP contribution in [-0.4, -0.2) is 49.3 Å². The molecule has 0 bridgehead atoms. The monoisotopic (exact) mass is 1150 g/mol. The van der Waals surface area contributed by atoms with E-state index < -0.39 is 26.5 Å². The van der Waals surface area contributed by atoms with E-state index in [0.29, 0.717) is 6.42 Å². The number of carbonyl (C=O) groups is 2. The number of ether oxygens (including phenoxy) is 2. The fourth-order valence-electron chi connectivity index (χ4n) is 8.79. The topological polar surface area (TPSA) is 134 Å². The van der Waals surface area contributed by atoms with E-state index in [4.69, 9.17) is 24.3 Å². The van der Waals surface area contributed by atoms with Crippen molar-refractivity contribution in [3.63, 3.8) is 0 Å². The maximum absolute atomic E-state index is 12.8. The molecule has 0 aliphatic rings. The fraction of sp³-hybridized carbons (Fsp3) is 0.662. The molecule has 0 amide bonds. The van der Waals surface area contributed by atoms with Crippen molar-refractivity contribution in [2.45, 2.75) is 277 Å². The van der Waals surface area contributed by atoms with Gasteiger partial charge in [0, 0.05) is 19.4 Å². The molecule has 0 aliphatic carbocycles. The van der Waals surface area contributed by atoms with Crippen LogP contribution in [0.4, 0.5) is 0 Å². The lowest BCUT2D eigenvalue weighted by Crippen LogP contribution is -2.29. The number of hydrogen-bond acceptors (Lipinski definition) is 8. The zero-order valence-electron chi connectivity index (χ0n) is 51.7. The van der Waals surface area contributed by atoms with E-state index in [-0.39, 0.29) is 38.6 Å². The third-order valence-electron chi connectivity index (χ3n) is 13.5. The fourth-order valence-corrected chi connectivity index (χ4v) is 9.55. The van der Waals surface area contributed by atoms with Crippen molar-refractivity contribution in [3.05, 3.63) is 134 Å². The van der Waals surface area contributed by atoms with Gasteiger partial charge < -0.3 is 20.1 Å². The Kier molecular flexibility index (Phi) is 62.2. The summed E-state index contributed by atoms with van der Waals surface area (Å²) in [6.07, 6.45) is 92.4. The van der Waals surface area contributed by atoms with Gasteiger partial charge in [-0.05, 0) is 109 Å². The average Bonchev–Trinajstić information content (AvgIpc) is 3.46. The number of phosphoric ester groups is 1. The Bertz CT molecular complexity index is 1790. The number of esters is 2. The smallest absolute Gasteiger partial charge is 0.462 e. The highest BCUT2D eigenvalue weighted by atomic mass is 31.2. The third kappa shape index (κ3) is 65.2. The predicted octanol–water partition coefficient (Wildman–Crippen LogP) is 21.3. The van der Waals surface area contributed by atoms with Gasteiger partial charge >= 0.3 is 19.8 Å². The van der Waals surface area contributed by atoms with Crippen LogP contribution in [0.1, 0.15) is 271 Å². The first-order valence-corrected chi connectivity index (χ1v) is 34.2. The molecule has 0 rings (SSSR count). The molecule has 9 nitrogen and oxygen atoms in total. The molecule has 0 aromatic rings. The van der Waals surface area contributed by atoms with E-state index in [1.54, 1.807) is 0 Å². The number of rotatable bonds is 60. The summed E-state index contributed by atoms with van der Waals surface area (Å²) < 4.78 is 33.1. The Morgan fingerprint density at radius 2 is 0.642 bits per heavy atom. The van der Waals surface area contributed by atoms with E-state index in [1.807, 2.05) is 0 Å². The second-order valence-corrected chi connectivity index (χ2v) is 22.7. The molecule has 462 valence electrons. The molecular formula is C71H120NO8P. The number of unbranched alkanes of at least 4 members (excludes halogenated alkanes) is 25. The number of phosphoric acid groups is 1. The van der Waals surface area contributed by atoms with E-state index in [0.717, 1.165) is 122 Å². The van der Waals surface area contributed by atoms with Crippen molar-refractivity contribution in [2.24, 2.45) is 5.73 Å². The van der Waals surface area contributed by atoms with E-state index in [2.05, 4.69) is 148 Å². The minimum Gasteiger partial charge on any atom is -0.462 e. The normalized spacial score (nSPS) is 13.9. The second-order valence-electron chi connectivity index (χ2n) is 21.2. The van der Waals surface area contributed by atoms with Gasteiger partial charge in [-0.15, -0.1) is 0 Å². The first-order valence-electron chi connectivity index (χ1n) is 32.7. The predicted molar refractivity (Wildman–Crippen MR) is 348 cm³/mol. The van der Waals surface area contributed by atoms with Gasteiger partial charge in [-0.1, -0.05) is 282 Å². The van der Waals surface area contributed by atoms with Gasteiger partial charge in [-0.3, -0.25) is 18.6 Å². The summed E-state index contributed by atoms with van der Waals surface area (Å²) in [7, 11) is -4.40. The number of allylic oxidation sites excluding steroid dienone is 22. The van der Waals surface area contributed by atoms with Gasteiger partial charge in [-0.2, -0.15) is 0 Å². The molecule has 0 aromatic heterocycles. The van der Waals surface area contributed by atoms with Crippen molar-refractivity contribution in [1.29, 1.82) is 0 Å². The largest absolute Gasteiger partial charge is 0.472 e. The van der Waals surface area contributed by atoms with Gasteiger partial charge in [0.05, 0.1) is 13.2 Å². The molecule has 3 N–H and O–H groups in total. The van der Waals surface area contributed by atoms with E-state index in [1.165, 1.54) is 116 Å². The van der Waals surface area contributed by atoms with E-state index in [9.17, 15) is 19.0 Å². The van der Waals surface area contributed by atoms with Crippen LogP contribution < -0.4 is 5.73 Å². The Labute approximate surface area is 497 Å². The van der Waals surface area contributed by atoms with Crippen LogP contribution in [0, 0.1) is 0 Å². The van der Waals surface area contributed by atoms with Crippen LogP contribution in [0.2, 0.25) is 0 Å². The Morgan fingerprint density at radius 1 is 0.370 bits per heavy atom. The van der Waals surface area contributed by atoms with Crippen molar-refractivity contribution < 1.29 is 37.6 Å². The summed E-state index contributed by atoms with van der Waals surface area (Å²) in [5.41, 5.74) is 5.39. The quantitative estimate of drug-likeness (QED) is 0.0264. The maximum Gasteiger partial charge on any atom is 0.472 e. The third-order valence-corrected chi connectivity index (χ3v) is 14.5. The lowest BCUT2D eigenvalue weighted by molar-refractivity contribution is -0.161. The second kappa shape index (κ2) is 65.3. The van der Waals surface area contributed by atoms with Crippen LogP contribution in [0.25, 0.3) is 0 Å². The molecule has 0 aromatic carbocycles. The van der Waals surface area contributed by atoms with E-state index >= 15 is 0 Å². The highest BCUT2D eigenvalue weighted by Gasteiger charge is 2.26. The first-order chi connectivity index (χ1) is 39.8. The summed E-state index contributed by atoms with van der Waals surface area (Å²) in [4.78, 5) is 35.3. The molecule has 0 heterocycles. The lowest BCUT2D eigenvalue weighted by atomic mass is 10.0. The first kappa shape index (κ1) is 77.2. The standard InChI is InChI=1S/C71H120NO8P/c1-3-5-7-9-11-13-15-17-19-21-23-25-27-28-29-30-31-32-33-34-35-36-37-38-39-40-42-44-46-48-50-52-54-56-58-60-62-64-71(74)80-69(68-79-81(75,76)78-66-65-72)67-77-70(73)63-61-59-57-55-53-51-49-47-45-43-41-26-24-22-20-18-16-14-12-10-8-6-4-2/h5-8,11-14,17-20,23-26,28-29,31-32,34-35,69H,3-4,9-10,15-16,21-22,27,30,33,36-68,72H2,1-2H3,(H,75,76)/b7-5-,8-6-,13-11-,14-12-,19-17-,20-18-,25-23-,26-24-,29-28-,32-31-,35-34-. The zero-order valence-corrected chi connectivity index (χ0v) is 52.6. The minimum absolute atomic E-state index is 0.0478. The van der Waals surface area contributed by atoms with Crippen LogP contribution in [0.15, 0.2) is 134 Å². The summed E-state index contributed by atoms with van der Waals surface area (Å²) in [6.45, 7) is 3.52. The summed E-state index contributed by atoms with van der Waals surface area (Å²) >= 11 is 0. The Hall–Kier alpha value is -3.85. The molecule has 81 heavy (non-hydrogen) atoms. The highest BCUT2D eigenvalue weighted by Crippen LogP contribution is 2.43. The van der Waals surface area contributed by atoms with Crippen LogP contribution in [0.5, 0.6) is 0 Å². The zero-order chi connectivity index (χ0) is 58.7. The van der Waals surface area contributed by atoms with Gasteiger partial charge in [0.25, 0.3) is 0 Å². The van der Waals surface area contributed by atoms with Crippen molar-refractivity contribution in [3.8, 4) is 0 Å². The number of carbonyl (C=O) groups excluding carboxylic acids is 2. The SMILES string of the molecule is CC/C=C\C/C=C\C/C=C\C/C=C\C/C=C\C/C=C\C/C=C\CCCCCCCCCCCCCCCCCC(=O)OC(COC(=O)CCCCCCCCCCCC/C=C\C/C=C\C/C=C\C/C=C\CC)COP(=O)(O)OCCN. The average molecular weight is 1150 g/mol. The molecule has 0 fully saturated rings. The molecule has 0 saturated carbocycles. The molecule has 0 spiro atoms.